The lowest BCUT2D eigenvalue weighted by Gasteiger charge is -2.12. The third kappa shape index (κ3) is 3.49. The van der Waals surface area contributed by atoms with E-state index in [1.807, 2.05) is 0 Å². The zero-order valence-corrected chi connectivity index (χ0v) is 9.02. The number of carboxylic acids is 1. The second-order valence-corrected chi connectivity index (χ2v) is 3.15. The molecule has 0 radical (unpaired) electrons. The molecule has 1 aromatic heterocycles. The number of aromatic carboxylic acids is 1. The highest BCUT2D eigenvalue weighted by Crippen LogP contribution is 2.39. The first-order valence-corrected chi connectivity index (χ1v) is 4.49. The smallest absolute Gasteiger partial charge is 0.477 e. The Morgan fingerprint density at radius 1 is 1.45 bits per heavy atom. The second kappa shape index (κ2) is 5.22. The lowest BCUT2D eigenvalue weighted by atomic mass is 10.2. The number of rotatable bonds is 4. The molecule has 12 heteroatoms. The summed E-state index contributed by atoms with van der Waals surface area (Å²) in [7, 11) is 0. The quantitative estimate of drug-likeness (QED) is 0.521. The van der Waals surface area contributed by atoms with Crippen molar-refractivity contribution in [1.82, 2.24) is 4.98 Å². The van der Waals surface area contributed by atoms with Crippen molar-refractivity contribution in [2.75, 3.05) is 0 Å². The fraction of sp³-hybridized carbons (Fsp3) is 0.250. The number of carboxylic acid groups (broad SMARTS) is 1. The highest BCUT2D eigenvalue weighted by atomic mass is 19.4. The fourth-order valence-corrected chi connectivity index (χ4v) is 1.15. The van der Waals surface area contributed by atoms with E-state index in [4.69, 9.17) is 5.11 Å². The van der Waals surface area contributed by atoms with E-state index in [0.29, 0.717) is 0 Å². The summed E-state index contributed by atoms with van der Waals surface area (Å²) in [4.78, 5) is 22.3. The minimum Gasteiger partial charge on any atom is -0.477 e. The predicted octanol–water partition coefficient (Wildman–Crippen LogP) is 2.52. The summed E-state index contributed by atoms with van der Waals surface area (Å²) in [6.07, 6.45) is -9.19. The third-order valence-corrected chi connectivity index (χ3v) is 1.82. The summed E-state index contributed by atoms with van der Waals surface area (Å²) in [5.74, 6) is -3.77. The van der Waals surface area contributed by atoms with Gasteiger partial charge in [-0.15, -0.1) is 13.2 Å². The Morgan fingerprint density at radius 3 is 2.35 bits per heavy atom. The van der Waals surface area contributed by atoms with Gasteiger partial charge in [-0.1, -0.05) is 0 Å². The molecule has 0 amide bonds. The number of nitro groups is 1. The Balaban J connectivity index is 3.59. The van der Waals surface area contributed by atoms with E-state index in [-0.39, 0.29) is 6.07 Å². The molecule has 1 aromatic rings. The summed E-state index contributed by atoms with van der Waals surface area (Å²) >= 11 is 0. The van der Waals surface area contributed by atoms with Crippen molar-refractivity contribution >= 4 is 11.7 Å². The van der Waals surface area contributed by atoms with Crippen LogP contribution in [0.15, 0.2) is 6.07 Å². The van der Waals surface area contributed by atoms with Crippen LogP contribution in [-0.4, -0.2) is 27.3 Å². The molecule has 0 bridgehead atoms. The standard InChI is InChI=1S/C8H3F5N2O5/c9-6(10)4-5(20-8(11,12)13)3(15(18)19)1-2(14-4)7(16)17/h1,6H,(H,16,17). The highest BCUT2D eigenvalue weighted by Gasteiger charge is 2.39. The summed E-state index contributed by atoms with van der Waals surface area (Å²) in [5.41, 5.74) is -4.57. The first-order chi connectivity index (χ1) is 9.03. The minimum absolute atomic E-state index is 0.0925. The van der Waals surface area contributed by atoms with Crippen molar-refractivity contribution < 1.29 is 41.5 Å². The molecule has 0 aliphatic heterocycles. The van der Waals surface area contributed by atoms with Gasteiger partial charge in [0.1, 0.15) is 0 Å². The Bertz CT molecular complexity index is 559. The first-order valence-electron chi connectivity index (χ1n) is 4.49. The maximum Gasteiger partial charge on any atom is 0.573 e. The van der Waals surface area contributed by atoms with Gasteiger partial charge in [0, 0.05) is 0 Å². The van der Waals surface area contributed by atoms with Gasteiger partial charge in [0.25, 0.3) is 6.43 Å². The molecule has 0 spiro atoms. The Labute approximate surface area is 105 Å². The number of hydrogen-bond donors (Lipinski definition) is 1. The molecule has 0 aliphatic rings. The summed E-state index contributed by atoms with van der Waals surface area (Å²) in [6.45, 7) is 0. The number of carbonyl (C=O) groups is 1. The number of hydrogen-bond acceptors (Lipinski definition) is 5. The number of halogens is 5. The van der Waals surface area contributed by atoms with Crippen LogP contribution in [0.1, 0.15) is 22.6 Å². The molecule has 20 heavy (non-hydrogen) atoms. The van der Waals surface area contributed by atoms with E-state index in [1.54, 1.807) is 0 Å². The van der Waals surface area contributed by atoms with E-state index in [9.17, 15) is 36.9 Å². The van der Waals surface area contributed by atoms with Crippen molar-refractivity contribution in [1.29, 1.82) is 0 Å². The zero-order valence-electron chi connectivity index (χ0n) is 9.02. The molecule has 0 saturated carbocycles. The number of aromatic nitrogens is 1. The molecule has 0 unspecified atom stereocenters. The van der Waals surface area contributed by atoms with Gasteiger partial charge < -0.3 is 9.84 Å². The van der Waals surface area contributed by atoms with Crippen LogP contribution in [-0.2, 0) is 0 Å². The maximum atomic E-state index is 12.6. The molecule has 0 fully saturated rings. The van der Waals surface area contributed by atoms with E-state index in [1.165, 1.54) is 0 Å². The van der Waals surface area contributed by atoms with E-state index >= 15 is 0 Å². The SMILES string of the molecule is O=C(O)c1cc([N+](=O)[O-])c(OC(F)(F)F)c(C(F)F)n1. The number of pyridine rings is 1. The molecule has 110 valence electrons. The van der Waals surface area contributed by atoms with Crippen LogP contribution in [0.25, 0.3) is 0 Å². The lowest BCUT2D eigenvalue weighted by Crippen LogP contribution is -2.20. The van der Waals surface area contributed by atoms with E-state index in [2.05, 4.69) is 9.72 Å². The van der Waals surface area contributed by atoms with Crippen LogP contribution in [0.5, 0.6) is 5.75 Å². The van der Waals surface area contributed by atoms with Gasteiger partial charge in [-0.2, -0.15) is 0 Å². The number of ether oxygens (including phenoxy) is 1. The largest absolute Gasteiger partial charge is 0.573 e. The lowest BCUT2D eigenvalue weighted by molar-refractivity contribution is -0.389. The molecule has 1 heterocycles. The average Bonchev–Trinajstić information content (AvgIpc) is 2.25. The molecular weight excluding hydrogens is 299 g/mol. The van der Waals surface area contributed by atoms with Gasteiger partial charge in [-0.3, -0.25) is 10.1 Å². The summed E-state index contributed by atoms with van der Waals surface area (Å²) in [5, 5.41) is 19.1. The normalized spacial score (nSPS) is 11.5. The molecule has 1 N–H and O–H groups in total. The van der Waals surface area contributed by atoms with Crippen LogP contribution >= 0.6 is 0 Å². The molecule has 7 nitrogen and oxygen atoms in total. The zero-order chi connectivity index (χ0) is 15.7. The van der Waals surface area contributed by atoms with Gasteiger partial charge in [0.2, 0.25) is 5.75 Å². The topological polar surface area (TPSA) is 103 Å². The average molecular weight is 302 g/mol. The van der Waals surface area contributed by atoms with Gasteiger partial charge in [0.05, 0.1) is 11.0 Å². The number of nitrogens with zero attached hydrogens (tertiary/aromatic N) is 2. The second-order valence-electron chi connectivity index (χ2n) is 3.15. The van der Waals surface area contributed by atoms with Crippen molar-refractivity contribution in [3.8, 4) is 5.75 Å². The van der Waals surface area contributed by atoms with Crippen molar-refractivity contribution in [3.05, 3.63) is 27.6 Å². The predicted molar refractivity (Wildman–Crippen MR) is 49.5 cm³/mol. The summed E-state index contributed by atoms with van der Waals surface area (Å²) in [6, 6.07) is 0.0925. The first kappa shape index (κ1) is 15.5. The van der Waals surface area contributed by atoms with Gasteiger partial charge in [0.15, 0.2) is 11.4 Å². The van der Waals surface area contributed by atoms with Crippen LogP contribution < -0.4 is 4.74 Å². The molecule has 0 atom stereocenters. The Hall–Kier alpha value is -2.53. The maximum absolute atomic E-state index is 12.6. The molecular formula is C8H3F5N2O5. The summed E-state index contributed by atoms with van der Waals surface area (Å²) < 4.78 is 64.4. The Kier molecular flexibility index (Phi) is 4.06. The van der Waals surface area contributed by atoms with Gasteiger partial charge in [-0.25, -0.2) is 18.6 Å². The van der Waals surface area contributed by atoms with Crippen molar-refractivity contribution in [2.45, 2.75) is 12.8 Å². The van der Waals surface area contributed by atoms with Crippen LogP contribution in [0.2, 0.25) is 0 Å². The molecule has 0 aromatic carbocycles. The molecule has 0 aliphatic carbocycles. The number of alkyl halides is 5. The van der Waals surface area contributed by atoms with E-state index in [0.717, 1.165) is 0 Å². The molecule has 0 saturated heterocycles. The Morgan fingerprint density at radius 2 is 2.00 bits per heavy atom. The van der Waals surface area contributed by atoms with Crippen LogP contribution in [0.3, 0.4) is 0 Å². The van der Waals surface area contributed by atoms with Crippen molar-refractivity contribution in [2.24, 2.45) is 0 Å². The highest BCUT2D eigenvalue weighted by molar-refractivity contribution is 5.86. The van der Waals surface area contributed by atoms with Crippen LogP contribution in [0, 0.1) is 10.1 Å². The van der Waals surface area contributed by atoms with Gasteiger partial charge in [-0.05, 0) is 0 Å². The molecule has 1 rings (SSSR count). The fourth-order valence-electron chi connectivity index (χ4n) is 1.15. The van der Waals surface area contributed by atoms with Crippen molar-refractivity contribution in [3.63, 3.8) is 0 Å². The minimum atomic E-state index is -5.49. The third-order valence-electron chi connectivity index (χ3n) is 1.82. The van der Waals surface area contributed by atoms with Crippen LogP contribution in [0.4, 0.5) is 27.6 Å². The monoisotopic (exact) mass is 302 g/mol. The van der Waals surface area contributed by atoms with E-state index < -0.39 is 46.5 Å². The van der Waals surface area contributed by atoms with Gasteiger partial charge >= 0.3 is 18.0 Å².